The van der Waals surface area contributed by atoms with E-state index in [-0.39, 0.29) is 23.7 Å². The molecular formula is C22H21N3O2. The summed E-state index contributed by atoms with van der Waals surface area (Å²) >= 11 is 0. The summed E-state index contributed by atoms with van der Waals surface area (Å²) in [6.45, 7) is 3.91. The summed E-state index contributed by atoms with van der Waals surface area (Å²) in [5.74, 6) is -0.372. The van der Waals surface area contributed by atoms with E-state index in [2.05, 4.69) is 15.6 Å². The van der Waals surface area contributed by atoms with Crippen LogP contribution in [0.4, 0.5) is 5.69 Å². The van der Waals surface area contributed by atoms with Gasteiger partial charge in [0.15, 0.2) is 5.78 Å². The highest BCUT2D eigenvalue weighted by atomic mass is 16.2. The summed E-state index contributed by atoms with van der Waals surface area (Å²) < 4.78 is 0. The Hall–Kier alpha value is -3.21. The van der Waals surface area contributed by atoms with Gasteiger partial charge in [-0.1, -0.05) is 24.3 Å². The van der Waals surface area contributed by atoms with Crippen LogP contribution in [0.25, 0.3) is 0 Å². The number of Topliss-reactive ketones (excluding diaryl/α,β-unsaturated/α-hetero) is 1. The zero-order valence-corrected chi connectivity index (χ0v) is 15.3. The van der Waals surface area contributed by atoms with Crippen LogP contribution in [0, 0.1) is 5.92 Å². The lowest BCUT2D eigenvalue weighted by Crippen LogP contribution is -2.43. The second-order valence-electron chi connectivity index (χ2n) is 7.40. The van der Waals surface area contributed by atoms with Gasteiger partial charge in [0.05, 0.1) is 17.5 Å². The quantitative estimate of drug-likeness (QED) is 0.883. The van der Waals surface area contributed by atoms with Gasteiger partial charge in [-0.25, -0.2) is 0 Å². The molecule has 0 bridgehead atoms. The van der Waals surface area contributed by atoms with Gasteiger partial charge in [-0.15, -0.1) is 0 Å². The van der Waals surface area contributed by atoms with Crippen molar-refractivity contribution in [1.29, 1.82) is 0 Å². The highest BCUT2D eigenvalue weighted by molar-refractivity contribution is 6.07. The van der Waals surface area contributed by atoms with Crippen LogP contribution in [0.3, 0.4) is 0 Å². The number of amides is 1. The van der Waals surface area contributed by atoms with Crippen molar-refractivity contribution in [1.82, 2.24) is 10.3 Å². The van der Waals surface area contributed by atoms with Crippen molar-refractivity contribution in [3.8, 4) is 0 Å². The molecule has 1 aromatic heterocycles. The van der Waals surface area contributed by atoms with Crippen molar-refractivity contribution >= 4 is 17.4 Å². The Bertz CT molecular complexity index is 961. The lowest BCUT2D eigenvalue weighted by Gasteiger charge is -2.33. The minimum Gasteiger partial charge on any atom is -0.377 e. The largest absolute Gasteiger partial charge is 0.377 e. The van der Waals surface area contributed by atoms with Gasteiger partial charge in [0.2, 0.25) is 0 Å². The minimum atomic E-state index is -0.534. The first kappa shape index (κ1) is 17.2. The van der Waals surface area contributed by atoms with Crippen LogP contribution in [0.5, 0.6) is 0 Å². The standard InChI is InChI=1S/C22H21N3O2/c1-22(2,15-9-11-23-12-10-15)25-21(27)14-7-8-17-19(13-14)24-18-6-4-3-5-16(18)20(17)26/h3-13,17,19,24H,1-2H3,(H,25,27). The van der Waals surface area contributed by atoms with Crippen LogP contribution < -0.4 is 10.6 Å². The molecule has 2 N–H and O–H groups in total. The maximum absolute atomic E-state index is 12.8. The van der Waals surface area contributed by atoms with Crippen molar-refractivity contribution < 1.29 is 9.59 Å². The Morgan fingerprint density at radius 2 is 1.89 bits per heavy atom. The molecule has 136 valence electrons. The van der Waals surface area contributed by atoms with E-state index in [0.717, 1.165) is 11.3 Å². The number of carbonyl (C=O) groups excluding carboxylic acids is 2. The van der Waals surface area contributed by atoms with Crippen molar-refractivity contribution in [2.24, 2.45) is 5.92 Å². The fraction of sp³-hybridized carbons (Fsp3) is 0.227. The Kier molecular flexibility index (Phi) is 4.15. The van der Waals surface area contributed by atoms with Crippen LogP contribution in [0.2, 0.25) is 0 Å². The molecule has 2 aromatic rings. The third-order valence-electron chi connectivity index (χ3n) is 5.14. The molecule has 1 amide bonds. The number of rotatable bonds is 3. The average Bonchev–Trinajstić information content (AvgIpc) is 2.68. The monoisotopic (exact) mass is 359 g/mol. The zero-order valence-electron chi connectivity index (χ0n) is 15.3. The number of fused-ring (bicyclic) bond motifs is 2. The number of aromatic nitrogens is 1. The van der Waals surface area contributed by atoms with Crippen molar-refractivity contribution in [2.75, 3.05) is 5.32 Å². The zero-order chi connectivity index (χ0) is 19.0. The lowest BCUT2D eigenvalue weighted by molar-refractivity contribution is -0.118. The highest BCUT2D eigenvalue weighted by Gasteiger charge is 2.35. The third-order valence-corrected chi connectivity index (χ3v) is 5.14. The van der Waals surface area contributed by atoms with Crippen molar-refractivity contribution in [3.63, 3.8) is 0 Å². The van der Waals surface area contributed by atoms with Gasteiger partial charge in [-0.2, -0.15) is 0 Å². The molecule has 2 heterocycles. The Labute approximate surface area is 158 Å². The van der Waals surface area contributed by atoms with Crippen LogP contribution in [0.1, 0.15) is 29.8 Å². The third kappa shape index (κ3) is 3.16. The number of benzene rings is 1. The summed E-state index contributed by atoms with van der Waals surface area (Å²) in [6, 6.07) is 11.0. The second kappa shape index (κ2) is 6.50. The number of ketones is 1. The number of carbonyl (C=O) groups is 2. The van der Waals surface area contributed by atoms with Gasteiger partial charge in [0, 0.05) is 29.2 Å². The maximum atomic E-state index is 12.8. The summed E-state index contributed by atoms with van der Waals surface area (Å²) in [4.78, 5) is 29.6. The number of nitrogens with zero attached hydrogens (tertiary/aromatic N) is 1. The first-order valence-electron chi connectivity index (χ1n) is 8.98. The fourth-order valence-corrected chi connectivity index (χ4v) is 3.59. The normalized spacial score (nSPS) is 20.8. The number of nitrogens with one attached hydrogen (secondary N) is 2. The number of anilines is 1. The number of para-hydroxylation sites is 1. The van der Waals surface area contributed by atoms with Gasteiger partial charge in [0.1, 0.15) is 0 Å². The number of hydrogen-bond acceptors (Lipinski definition) is 4. The molecule has 2 aliphatic rings. The molecule has 2 unspecified atom stereocenters. The molecular weight excluding hydrogens is 338 g/mol. The van der Waals surface area contributed by atoms with E-state index in [9.17, 15) is 9.59 Å². The van der Waals surface area contributed by atoms with E-state index in [1.54, 1.807) is 18.5 Å². The van der Waals surface area contributed by atoms with E-state index < -0.39 is 5.54 Å². The Morgan fingerprint density at radius 1 is 1.15 bits per heavy atom. The van der Waals surface area contributed by atoms with Gasteiger partial charge in [-0.05, 0) is 49.8 Å². The number of hydrogen-bond donors (Lipinski definition) is 2. The molecule has 2 atom stereocenters. The Morgan fingerprint density at radius 3 is 2.67 bits per heavy atom. The molecule has 0 fully saturated rings. The predicted octanol–water partition coefficient (Wildman–Crippen LogP) is 3.22. The van der Waals surface area contributed by atoms with Crippen LogP contribution in [-0.4, -0.2) is 22.7 Å². The maximum Gasteiger partial charge on any atom is 0.251 e. The second-order valence-corrected chi connectivity index (χ2v) is 7.40. The van der Waals surface area contributed by atoms with E-state index in [4.69, 9.17) is 0 Å². The topological polar surface area (TPSA) is 71.1 Å². The van der Waals surface area contributed by atoms with E-state index >= 15 is 0 Å². The van der Waals surface area contributed by atoms with E-state index in [1.807, 2.05) is 62.4 Å². The lowest BCUT2D eigenvalue weighted by atomic mass is 9.81. The highest BCUT2D eigenvalue weighted by Crippen LogP contribution is 2.32. The number of pyridine rings is 1. The molecule has 1 aromatic carbocycles. The molecule has 1 aliphatic heterocycles. The molecule has 5 heteroatoms. The average molecular weight is 359 g/mol. The van der Waals surface area contributed by atoms with E-state index in [1.165, 1.54) is 0 Å². The van der Waals surface area contributed by atoms with E-state index in [0.29, 0.717) is 11.1 Å². The molecule has 0 spiro atoms. The fourth-order valence-electron chi connectivity index (χ4n) is 3.59. The predicted molar refractivity (Wildman–Crippen MR) is 104 cm³/mol. The van der Waals surface area contributed by atoms with Gasteiger partial charge >= 0.3 is 0 Å². The molecule has 5 nitrogen and oxygen atoms in total. The van der Waals surface area contributed by atoms with Crippen molar-refractivity contribution in [2.45, 2.75) is 25.4 Å². The molecule has 0 radical (unpaired) electrons. The van der Waals surface area contributed by atoms with Gasteiger partial charge in [0.25, 0.3) is 5.91 Å². The molecule has 0 saturated carbocycles. The Balaban J connectivity index is 1.55. The molecule has 27 heavy (non-hydrogen) atoms. The van der Waals surface area contributed by atoms with Crippen LogP contribution in [-0.2, 0) is 10.3 Å². The van der Waals surface area contributed by atoms with Crippen molar-refractivity contribution in [3.05, 3.63) is 83.7 Å². The smallest absolute Gasteiger partial charge is 0.251 e. The first-order valence-corrected chi connectivity index (χ1v) is 8.98. The van der Waals surface area contributed by atoms with Gasteiger partial charge in [-0.3, -0.25) is 14.6 Å². The first-order chi connectivity index (χ1) is 13.0. The van der Waals surface area contributed by atoms with Crippen LogP contribution in [0.15, 0.2) is 72.6 Å². The molecule has 4 rings (SSSR count). The molecule has 1 aliphatic carbocycles. The van der Waals surface area contributed by atoms with Crippen LogP contribution >= 0.6 is 0 Å². The summed E-state index contributed by atoms with van der Waals surface area (Å²) in [7, 11) is 0. The summed E-state index contributed by atoms with van der Waals surface area (Å²) in [6.07, 6.45) is 8.83. The summed E-state index contributed by atoms with van der Waals surface area (Å²) in [5, 5.41) is 6.44. The minimum absolute atomic E-state index is 0.0819. The molecule has 0 saturated heterocycles. The van der Waals surface area contributed by atoms with Gasteiger partial charge < -0.3 is 10.6 Å². The summed E-state index contributed by atoms with van der Waals surface area (Å²) in [5.41, 5.74) is 2.51. The SMILES string of the molecule is CC(C)(NC(=O)C1=CC2Nc3ccccc3C(=O)C2C=C1)c1ccncc1.